The lowest BCUT2D eigenvalue weighted by Crippen LogP contribution is -2.39. The average molecular weight is 290 g/mol. The highest BCUT2D eigenvalue weighted by molar-refractivity contribution is 5.74. The molecule has 1 fully saturated rings. The summed E-state index contributed by atoms with van der Waals surface area (Å²) in [5.41, 5.74) is 2.43. The molecule has 5 heteroatoms. The van der Waals surface area contributed by atoms with Gasteiger partial charge < -0.3 is 15.1 Å². The number of urea groups is 1. The van der Waals surface area contributed by atoms with Crippen molar-refractivity contribution in [3.63, 3.8) is 0 Å². The van der Waals surface area contributed by atoms with Crippen LogP contribution in [0.5, 0.6) is 0 Å². The lowest BCUT2D eigenvalue weighted by molar-refractivity contribution is 0.205. The molecule has 1 N–H and O–H groups in total. The van der Waals surface area contributed by atoms with Gasteiger partial charge in [-0.15, -0.1) is 0 Å². The van der Waals surface area contributed by atoms with Gasteiger partial charge >= 0.3 is 6.03 Å². The first-order valence-electron chi connectivity index (χ1n) is 7.63. The van der Waals surface area contributed by atoms with Crippen LogP contribution in [0.2, 0.25) is 0 Å². The van der Waals surface area contributed by atoms with E-state index in [0.717, 1.165) is 32.5 Å². The van der Waals surface area contributed by atoms with Crippen molar-refractivity contribution in [1.29, 1.82) is 0 Å². The van der Waals surface area contributed by atoms with Gasteiger partial charge in [-0.3, -0.25) is 4.98 Å². The van der Waals surface area contributed by atoms with E-state index < -0.39 is 0 Å². The monoisotopic (exact) mass is 290 g/mol. The number of aromatic nitrogens is 1. The van der Waals surface area contributed by atoms with Crippen LogP contribution in [0.25, 0.3) is 0 Å². The molecule has 1 atom stereocenters. The second-order valence-corrected chi connectivity index (χ2v) is 6.15. The summed E-state index contributed by atoms with van der Waals surface area (Å²) in [5.74, 6) is 0.605. The van der Waals surface area contributed by atoms with E-state index in [1.165, 1.54) is 11.1 Å². The van der Waals surface area contributed by atoms with Crippen LogP contribution < -0.4 is 5.32 Å². The van der Waals surface area contributed by atoms with Crippen LogP contribution in [0.3, 0.4) is 0 Å². The van der Waals surface area contributed by atoms with E-state index in [9.17, 15) is 4.79 Å². The Morgan fingerprint density at radius 1 is 1.52 bits per heavy atom. The maximum atomic E-state index is 12.1. The number of pyridine rings is 1. The first-order valence-corrected chi connectivity index (χ1v) is 7.63. The summed E-state index contributed by atoms with van der Waals surface area (Å²) in [6.45, 7) is 5.53. The molecular formula is C16H26N4O. The van der Waals surface area contributed by atoms with Gasteiger partial charge in [-0.1, -0.05) is 0 Å². The lowest BCUT2D eigenvalue weighted by Gasteiger charge is -2.19. The van der Waals surface area contributed by atoms with Gasteiger partial charge in [0.15, 0.2) is 0 Å². The quantitative estimate of drug-likeness (QED) is 0.894. The van der Waals surface area contributed by atoms with Crippen molar-refractivity contribution in [3.8, 4) is 0 Å². The van der Waals surface area contributed by atoms with E-state index >= 15 is 0 Å². The molecule has 116 valence electrons. The van der Waals surface area contributed by atoms with Gasteiger partial charge in [0.1, 0.15) is 0 Å². The molecule has 0 saturated carbocycles. The van der Waals surface area contributed by atoms with E-state index in [1.807, 2.05) is 17.2 Å². The molecule has 2 amide bonds. The smallest absolute Gasteiger partial charge is 0.317 e. The zero-order chi connectivity index (χ0) is 15.2. The fourth-order valence-electron chi connectivity index (χ4n) is 2.88. The Labute approximate surface area is 127 Å². The van der Waals surface area contributed by atoms with E-state index in [-0.39, 0.29) is 6.03 Å². The maximum Gasteiger partial charge on any atom is 0.317 e. The van der Waals surface area contributed by atoms with Crippen LogP contribution in [0.1, 0.15) is 17.5 Å². The van der Waals surface area contributed by atoms with Crippen molar-refractivity contribution in [2.24, 2.45) is 5.92 Å². The van der Waals surface area contributed by atoms with Crippen LogP contribution in [-0.4, -0.2) is 61.1 Å². The number of nitrogens with one attached hydrogen (secondary N) is 1. The summed E-state index contributed by atoms with van der Waals surface area (Å²) in [4.78, 5) is 20.4. The van der Waals surface area contributed by atoms with E-state index in [2.05, 4.69) is 36.2 Å². The van der Waals surface area contributed by atoms with Crippen molar-refractivity contribution in [3.05, 3.63) is 29.6 Å². The van der Waals surface area contributed by atoms with Gasteiger partial charge in [-0.05, 0) is 57.0 Å². The molecule has 1 aromatic heterocycles. The highest BCUT2D eigenvalue weighted by Gasteiger charge is 2.26. The number of carbonyl (C=O) groups is 1. The summed E-state index contributed by atoms with van der Waals surface area (Å²) >= 11 is 0. The third-order valence-corrected chi connectivity index (χ3v) is 4.00. The van der Waals surface area contributed by atoms with Crippen molar-refractivity contribution < 1.29 is 4.79 Å². The molecule has 1 aromatic rings. The Bertz CT molecular complexity index is 475. The third-order valence-electron chi connectivity index (χ3n) is 4.00. The maximum absolute atomic E-state index is 12.1. The minimum atomic E-state index is 0.0722. The predicted molar refractivity (Wildman–Crippen MR) is 84.3 cm³/mol. The minimum absolute atomic E-state index is 0.0722. The standard InChI is InChI=1S/C16H26N4O/c1-13-10-17-7-4-15(13)5-8-18-16(21)20-9-6-14(12-20)11-19(2)3/h4,7,10,14H,5-6,8-9,11-12H2,1-3H3,(H,18,21)/t14-/m0/s1. The summed E-state index contributed by atoms with van der Waals surface area (Å²) in [6, 6.07) is 2.09. The number of hydrogen-bond acceptors (Lipinski definition) is 3. The molecule has 5 nitrogen and oxygen atoms in total. The molecule has 1 saturated heterocycles. The molecule has 2 heterocycles. The third kappa shape index (κ3) is 4.70. The molecule has 0 aromatic carbocycles. The number of amides is 2. The van der Waals surface area contributed by atoms with Gasteiger partial charge in [0.2, 0.25) is 0 Å². The van der Waals surface area contributed by atoms with Crippen molar-refractivity contribution in [2.45, 2.75) is 19.8 Å². The Kier molecular flexibility index (Phi) is 5.56. The van der Waals surface area contributed by atoms with Crippen LogP contribution >= 0.6 is 0 Å². The number of rotatable bonds is 5. The molecule has 0 bridgehead atoms. The van der Waals surface area contributed by atoms with E-state index in [0.29, 0.717) is 12.5 Å². The molecular weight excluding hydrogens is 264 g/mol. The zero-order valence-electron chi connectivity index (χ0n) is 13.3. The summed E-state index contributed by atoms with van der Waals surface area (Å²) in [6.07, 6.45) is 5.63. The Balaban J connectivity index is 1.72. The SMILES string of the molecule is Cc1cnccc1CCNC(=O)N1CC[C@@H](CN(C)C)C1. The van der Waals surface area contributed by atoms with Gasteiger partial charge in [-0.2, -0.15) is 0 Å². The molecule has 0 aliphatic carbocycles. The Morgan fingerprint density at radius 2 is 2.33 bits per heavy atom. The second kappa shape index (κ2) is 7.41. The van der Waals surface area contributed by atoms with Crippen molar-refractivity contribution in [1.82, 2.24) is 20.1 Å². The molecule has 1 aliphatic heterocycles. The summed E-state index contributed by atoms with van der Waals surface area (Å²) < 4.78 is 0. The molecule has 21 heavy (non-hydrogen) atoms. The second-order valence-electron chi connectivity index (χ2n) is 6.15. The van der Waals surface area contributed by atoms with Gasteiger partial charge in [0.25, 0.3) is 0 Å². The Morgan fingerprint density at radius 3 is 3.05 bits per heavy atom. The van der Waals surface area contributed by atoms with Crippen LogP contribution in [0.15, 0.2) is 18.5 Å². The van der Waals surface area contributed by atoms with Crippen LogP contribution in [0, 0.1) is 12.8 Å². The number of hydrogen-bond donors (Lipinski definition) is 1. The molecule has 1 aliphatic rings. The topological polar surface area (TPSA) is 48.5 Å². The van der Waals surface area contributed by atoms with Gasteiger partial charge in [0, 0.05) is 38.6 Å². The number of aryl methyl sites for hydroxylation is 1. The molecule has 0 unspecified atom stereocenters. The van der Waals surface area contributed by atoms with E-state index in [1.54, 1.807) is 6.20 Å². The van der Waals surface area contributed by atoms with Crippen LogP contribution in [0.4, 0.5) is 4.79 Å². The van der Waals surface area contributed by atoms with E-state index in [4.69, 9.17) is 0 Å². The molecule has 0 spiro atoms. The van der Waals surface area contributed by atoms with Crippen LogP contribution in [-0.2, 0) is 6.42 Å². The number of carbonyl (C=O) groups excluding carboxylic acids is 1. The largest absolute Gasteiger partial charge is 0.338 e. The van der Waals surface area contributed by atoms with Gasteiger partial charge in [-0.25, -0.2) is 4.79 Å². The number of nitrogens with zero attached hydrogens (tertiary/aromatic N) is 3. The van der Waals surface area contributed by atoms with Gasteiger partial charge in [0.05, 0.1) is 0 Å². The average Bonchev–Trinajstić information content (AvgIpc) is 2.88. The highest BCUT2D eigenvalue weighted by Crippen LogP contribution is 2.16. The Hall–Kier alpha value is -1.62. The normalized spacial score (nSPS) is 18.3. The summed E-state index contributed by atoms with van der Waals surface area (Å²) in [7, 11) is 4.17. The summed E-state index contributed by atoms with van der Waals surface area (Å²) in [5, 5.41) is 3.03. The lowest BCUT2D eigenvalue weighted by atomic mass is 10.1. The number of likely N-dealkylation sites (tertiary alicyclic amines) is 1. The zero-order valence-corrected chi connectivity index (χ0v) is 13.3. The van der Waals surface area contributed by atoms with Crippen molar-refractivity contribution >= 4 is 6.03 Å². The highest BCUT2D eigenvalue weighted by atomic mass is 16.2. The molecule has 2 rings (SSSR count). The minimum Gasteiger partial charge on any atom is -0.338 e. The first kappa shape index (κ1) is 15.8. The molecule has 0 radical (unpaired) electrons. The fourth-order valence-corrected chi connectivity index (χ4v) is 2.88. The first-order chi connectivity index (χ1) is 10.1. The predicted octanol–water partition coefficient (Wildman–Crippen LogP) is 1.53. The fraction of sp³-hybridized carbons (Fsp3) is 0.625. The van der Waals surface area contributed by atoms with Crippen molar-refractivity contribution in [2.75, 3.05) is 40.3 Å².